The van der Waals surface area contributed by atoms with Crippen molar-refractivity contribution in [2.45, 2.75) is 20.8 Å². The summed E-state index contributed by atoms with van der Waals surface area (Å²) in [5.41, 5.74) is 2.51. The van der Waals surface area contributed by atoms with Crippen LogP contribution in [0.2, 0.25) is 0 Å². The maximum Gasteiger partial charge on any atom is 0.341 e. The van der Waals surface area contributed by atoms with Crippen molar-refractivity contribution < 1.29 is 18.7 Å². The highest BCUT2D eigenvalue weighted by molar-refractivity contribution is 5.94. The molecule has 2 rings (SSSR count). The molecular formula is C16H16FNO3. The zero-order chi connectivity index (χ0) is 15.6. The molecule has 0 amide bonds. The van der Waals surface area contributed by atoms with Crippen molar-refractivity contribution in [2.24, 2.45) is 0 Å². The van der Waals surface area contributed by atoms with Gasteiger partial charge in [-0.2, -0.15) is 4.39 Å². The molecule has 0 aliphatic carbocycles. The summed E-state index contributed by atoms with van der Waals surface area (Å²) in [6.45, 7) is 5.36. The zero-order valence-electron chi connectivity index (χ0n) is 12.4. The topological polar surface area (TPSA) is 48.4 Å². The lowest BCUT2D eigenvalue weighted by Gasteiger charge is -2.14. The normalized spacial score (nSPS) is 10.3. The molecule has 0 radical (unpaired) electrons. The molecule has 0 atom stereocenters. The molecule has 21 heavy (non-hydrogen) atoms. The van der Waals surface area contributed by atoms with Gasteiger partial charge in [-0.3, -0.25) is 0 Å². The number of ether oxygens (including phenoxy) is 2. The predicted octanol–water partition coefficient (Wildman–Crippen LogP) is 3.72. The molecule has 5 heteroatoms. The molecule has 1 aromatic carbocycles. The molecule has 4 nitrogen and oxygen atoms in total. The number of esters is 1. The van der Waals surface area contributed by atoms with Crippen molar-refractivity contribution in [3.8, 4) is 11.5 Å². The number of halogens is 1. The number of hydrogen-bond acceptors (Lipinski definition) is 4. The first-order valence-electron chi connectivity index (χ1n) is 6.43. The van der Waals surface area contributed by atoms with Crippen LogP contribution in [0.25, 0.3) is 0 Å². The fraction of sp³-hybridized carbons (Fsp3) is 0.250. The van der Waals surface area contributed by atoms with Crippen molar-refractivity contribution >= 4 is 5.97 Å². The van der Waals surface area contributed by atoms with E-state index in [0.717, 1.165) is 11.1 Å². The highest BCUT2D eigenvalue weighted by Gasteiger charge is 2.19. The Balaban J connectivity index is 2.49. The van der Waals surface area contributed by atoms with Crippen LogP contribution in [0.3, 0.4) is 0 Å². The van der Waals surface area contributed by atoms with Crippen LogP contribution in [0.5, 0.6) is 11.5 Å². The van der Waals surface area contributed by atoms with E-state index < -0.39 is 11.9 Å². The number of hydrogen-bond donors (Lipinski definition) is 0. The lowest BCUT2D eigenvalue weighted by atomic mass is 10.0. The van der Waals surface area contributed by atoms with E-state index in [2.05, 4.69) is 4.98 Å². The maximum absolute atomic E-state index is 13.0. The van der Waals surface area contributed by atoms with Gasteiger partial charge in [0.2, 0.25) is 5.95 Å². The van der Waals surface area contributed by atoms with Crippen molar-refractivity contribution in [2.75, 3.05) is 7.11 Å². The minimum absolute atomic E-state index is 0.362. The molecule has 1 aromatic heterocycles. The SMILES string of the molecule is COC(=O)c1c(Oc2ccc(F)nc2C)ccc(C)c1C. The first kappa shape index (κ1) is 15.0. The minimum Gasteiger partial charge on any atom is -0.465 e. The number of methoxy groups -OCH3 is 1. The number of carbonyl (C=O) groups excluding carboxylic acids is 1. The second kappa shape index (κ2) is 5.91. The fourth-order valence-electron chi connectivity index (χ4n) is 1.98. The Morgan fingerprint density at radius 3 is 2.38 bits per heavy atom. The number of pyridine rings is 1. The van der Waals surface area contributed by atoms with Crippen LogP contribution in [-0.4, -0.2) is 18.1 Å². The number of benzene rings is 1. The average Bonchev–Trinajstić information content (AvgIpc) is 2.45. The summed E-state index contributed by atoms with van der Waals surface area (Å²) in [5.74, 6) is -0.293. The number of rotatable bonds is 3. The molecule has 0 aliphatic heterocycles. The van der Waals surface area contributed by atoms with Crippen LogP contribution >= 0.6 is 0 Å². The van der Waals surface area contributed by atoms with E-state index in [1.807, 2.05) is 19.9 Å². The van der Waals surface area contributed by atoms with Crippen LogP contribution in [0.4, 0.5) is 4.39 Å². The Bertz CT molecular complexity index is 698. The van der Waals surface area contributed by atoms with E-state index in [0.29, 0.717) is 22.8 Å². The Labute approximate surface area is 122 Å². The lowest BCUT2D eigenvalue weighted by Crippen LogP contribution is -2.08. The lowest BCUT2D eigenvalue weighted by molar-refractivity contribution is 0.0597. The van der Waals surface area contributed by atoms with Gasteiger partial charge < -0.3 is 9.47 Å². The summed E-state index contributed by atoms with van der Waals surface area (Å²) in [5, 5.41) is 0. The molecule has 110 valence electrons. The second-order valence-electron chi connectivity index (χ2n) is 4.69. The third-order valence-corrected chi connectivity index (χ3v) is 3.31. The Hall–Kier alpha value is -2.43. The van der Waals surface area contributed by atoms with Gasteiger partial charge in [-0.05, 0) is 50.1 Å². The van der Waals surface area contributed by atoms with Gasteiger partial charge in [0.1, 0.15) is 17.1 Å². The predicted molar refractivity (Wildman–Crippen MR) is 76.3 cm³/mol. The summed E-state index contributed by atoms with van der Waals surface area (Å²) in [7, 11) is 1.32. The smallest absolute Gasteiger partial charge is 0.341 e. The van der Waals surface area contributed by atoms with E-state index in [1.54, 1.807) is 13.0 Å². The molecule has 1 heterocycles. The molecule has 0 fully saturated rings. The third kappa shape index (κ3) is 3.02. The molecule has 0 aliphatic rings. The first-order valence-corrected chi connectivity index (χ1v) is 6.43. The summed E-state index contributed by atoms with van der Waals surface area (Å²) in [6, 6.07) is 6.23. The molecule has 0 unspecified atom stereocenters. The van der Waals surface area contributed by atoms with Crippen LogP contribution < -0.4 is 4.74 Å². The number of nitrogens with zero attached hydrogens (tertiary/aromatic N) is 1. The molecule has 0 spiro atoms. The highest BCUT2D eigenvalue weighted by atomic mass is 19.1. The van der Waals surface area contributed by atoms with Gasteiger partial charge in [0.15, 0.2) is 0 Å². The van der Waals surface area contributed by atoms with E-state index in [-0.39, 0.29) is 0 Å². The van der Waals surface area contributed by atoms with Crippen LogP contribution in [0.15, 0.2) is 24.3 Å². The van der Waals surface area contributed by atoms with Crippen molar-refractivity contribution in [3.05, 3.63) is 52.6 Å². The molecule has 0 saturated heterocycles. The van der Waals surface area contributed by atoms with E-state index in [9.17, 15) is 9.18 Å². The van der Waals surface area contributed by atoms with Crippen molar-refractivity contribution in [3.63, 3.8) is 0 Å². The Kier molecular flexibility index (Phi) is 4.21. The monoisotopic (exact) mass is 289 g/mol. The number of aromatic nitrogens is 1. The first-order chi connectivity index (χ1) is 9.93. The van der Waals surface area contributed by atoms with E-state index in [4.69, 9.17) is 9.47 Å². The van der Waals surface area contributed by atoms with Crippen molar-refractivity contribution in [1.29, 1.82) is 0 Å². The van der Waals surface area contributed by atoms with Crippen molar-refractivity contribution in [1.82, 2.24) is 4.98 Å². The third-order valence-electron chi connectivity index (χ3n) is 3.31. The average molecular weight is 289 g/mol. The summed E-state index contributed by atoms with van der Waals surface area (Å²) >= 11 is 0. The highest BCUT2D eigenvalue weighted by Crippen LogP contribution is 2.31. The number of carbonyl (C=O) groups is 1. The fourth-order valence-corrected chi connectivity index (χ4v) is 1.98. The quantitative estimate of drug-likeness (QED) is 0.638. The summed E-state index contributed by atoms with van der Waals surface area (Å²) in [6.07, 6.45) is 0. The summed E-state index contributed by atoms with van der Waals surface area (Å²) in [4.78, 5) is 15.7. The minimum atomic E-state index is -0.576. The Morgan fingerprint density at radius 1 is 1.10 bits per heavy atom. The van der Waals surface area contributed by atoms with Gasteiger partial charge in [-0.25, -0.2) is 9.78 Å². The van der Waals surface area contributed by atoms with Crippen LogP contribution in [-0.2, 0) is 4.74 Å². The number of aryl methyl sites for hydroxylation is 2. The van der Waals surface area contributed by atoms with Gasteiger partial charge >= 0.3 is 5.97 Å². The largest absolute Gasteiger partial charge is 0.465 e. The van der Waals surface area contributed by atoms with Gasteiger partial charge in [0.05, 0.1) is 12.8 Å². The van der Waals surface area contributed by atoms with E-state index >= 15 is 0 Å². The van der Waals surface area contributed by atoms with Crippen LogP contribution in [0, 0.1) is 26.7 Å². The van der Waals surface area contributed by atoms with Crippen LogP contribution in [0.1, 0.15) is 27.2 Å². The second-order valence-corrected chi connectivity index (χ2v) is 4.69. The maximum atomic E-state index is 13.0. The molecule has 0 N–H and O–H groups in total. The van der Waals surface area contributed by atoms with Gasteiger partial charge in [0.25, 0.3) is 0 Å². The molecule has 0 saturated carbocycles. The molecule has 0 bridgehead atoms. The summed E-state index contributed by atoms with van der Waals surface area (Å²) < 4.78 is 23.6. The van der Waals surface area contributed by atoms with Gasteiger partial charge in [0, 0.05) is 0 Å². The Morgan fingerprint density at radius 2 is 1.76 bits per heavy atom. The standard InChI is InChI=1S/C16H16FNO3/c1-9-5-6-13(15(10(9)2)16(19)20-4)21-12-7-8-14(17)18-11(12)3/h5-8H,1-4H3. The zero-order valence-corrected chi connectivity index (χ0v) is 12.4. The molecular weight excluding hydrogens is 273 g/mol. The van der Waals surface area contributed by atoms with E-state index in [1.165, 1.54) is 19.2 Å². The molecule has 2 aromatic rings. The van der Waals surface area contributed by atoms with Gasteiger partial charge in [-0.1, -0.05) is 6.07 Å². The van der Waals surface area contributed by atoms with Gasteiger partial charge in [-0.15, -0.1) is 0 Å².